The van der Waals surface area contributed by atoms with Crippen LogP contribution in [0.2, 0.25) is 0 Å². The number of aryl methyl sites for hydroxylation is 1. The molecule has 0 spiro atoms. The maximum Gasteiger partial charge on any atom is 0.349 e. The second-order valence-corrected chi connectivity index (χ2v) is 3.50. The molecule has 0 atom stereocenters. The molecule has 0 aliphatic rings. The molecule has 6 heteroatoms. The van der Waals surface area contributed by atoms with Crippen molar-refractivity contribution >= 4 is 18.0 Å². The molecular formula is C13H13NO5. The minimum atomic E-state index is -0.737. The Labute approximate surface area is 110 Å². The molecule has 0 fully saturated rings. The first kappa shape index (κ1) is 14.5. The van der Waals surface area contributed by atoms with Gasteiger partial charge in [0.05, 0.1) is 13.7 Å². The van der Waals surface area contributed by atoms with Crippen LogP contribution in [0, 0.1) is 18.3 Å². The van der Waals surface area contributed by atoms with Crippen LogP contribution < -0.4 is 0 Å². The van der Waals surface area contributed by atoms with Crippen LogP contribution >= 0.6 is 0 Å². The molecular weight excluding hydrogens is 250 g/mol. The summed E-state index contributed by atoms with van der Waals surface area (Å²) in [5, 5.41) is 8.86. The molecule has 1 rings (SSSR count). The molecule has 0 aromatic carbocycles. The minimum Gasteiger partial charge on any atom is -0.465 e. The Morgan fingerprint density at radius 3 is 2.74 bits per heavy atom. The Morgan fingerprint density at radius 1 is 1.53 bits per heavy atom. The van der Waals surface area contributed by atoms with Gasteiger partial charge < -0.3 is 13.9 Å². The second-order valence-electron chi connectivity index (χ2n) is 3.50. The van der Waals surface area contributed by atoms with Crippen LogP contribution in [0.15, 0.2) is 16.1 Å². The number of esters is 2. The Kier molecular flexibility index (Phi) is 4.89. The largest absolute Gasteiger partial charge is 0.465 e. The average molecular weight is 263 g/mol. The van der Waals surface area contributed by atoms with Gasteiger partial charge in [-0.05, 0) is 19.9 Å². The van der Waals surface area contributed by atoms with Crippen LogP contribution in [0.4, 0.5) is 0 Å². The van der Waals surface area contributed by atoms with Gasteiger partial charge in [-0.3, -0.25) is 0 Å². The molecule has 19 heavy (non-hydrogen) atoms. The minimum absolute atomic E-state index is 0.169. The number of methoxy groups -OCH3 is 1. The number of nitrogens with zero attached hydrogens (tertiary/aromatic N) is 1. The van der Waals surface area contributed by atoms with Gasteiger partial charge in [-0.15, -0.1) is 0 Å². The lowest BCUT2D eigenvalue weighted by Gasteiger charge is -1.97. The van der Waals surface area contributed by atoms with Gasteiger partial charge in [-0.1, -0.05) is 0 Å². The maximum atomic E-state index is 11.4. The Morgan fingerprint density at radius 2 is 2.21 bits per heavy atom. The lowest BCUT2D eigenvalue weighted by molar-refractivity contribution is -0.137. The summed E-state index contributed by atoms with van der Waals surface area (Å²) in [5.74, 6) is -0.726. The number of rotatable bonds is 4. The van der Waals surface area contributed by atoms with E-state index in [2.05, 4.69) is 4.74 Å². The molecule has 1 aromatic rings. The van der Waals surface area contributed by atoms with E-state index in [1.54, 1.807) is 19.9 Å². The first-order valence-electron chi connectivity index (χ1n) is 5.51. The number of hydrogen-bond acceptors (Lipinski definition) is 6. The number of nitriles is 1. The Bertz CT molecular complexity index is 562. The maximum absolute atomic E-state index is 11.4. The van der Waals surface area contributed by atoms with Crippen molar-refractivity contribution in [2.24, 2.45) is 0 Å². The van der Waals surface area contributed by atoms with E-state index < -0.39 is 11.9 Å². The van der Waals surface area contributed by atoms with E-state index in [9.17, 15) is 9.59 Å². The van der Waals surface area contributed by atoms with E-state index >= 15 is 0 Å². The van der Waals surface area contributed by atoms with Gasteiger partial charge in [-0.2, -0.15) is 5.26 Å². The van der Waals surface area contributed by atoms with Crippen LogP contribution in [-0.4, -0.2) is 25.7 Å². The molecule has 6 nitrogen and oxygen atoms in total. The summed E-state index contributed by atoms with van der Waals surface area (Å²) in [6.07, 6.45) is 1.22. The summed E-state index contributed by atoms with van der Waals surface area (Å²) >= 11 is 0. The number of ether oxygens (including phenoxy) is 2. The topological polar surface area (TPSA) is 89.5 Å². The fourth-order valence-corrected chi connectivity index (χ4v) is 1.38. The summed E-state index contributed by atoms with van der Waals surface area (Å²) < 4.78 is 14.5. The van der Waals surface area contributed by atoms with Crippen molar-refractivity contribution in [3.8, 4) is 6.07 Å². The fourth-order valence-electron chi connectivity index (χ4n) is 1.38. The highest BCUT2D eigenvalue weighted by molar-refractivity contribution is 5.98. The molecule has 0 radical (unpaired) electrons. The van der Waals surface area contributed by atoms with Crippen LogP contribution in [0.5, 0.6) is 0 Å². The van der Waals surface area contributed by atoms with Crippen LogP contribution in [0.1, 0.15) is 28.8 Å². The number of furan rings is 1. The molecule has 1 aromatic heterocycles. The standard InChI is InChI=1S/C13H13NO5/c1-4-18-12(15)9(7-14)5-10-6-11(8(2)19-10)13(16)17-3/h5-6H,4H2,1-3H3/b9-5+. The molecule has 0 saturated heterocycles. The van der Waals surface area contributed by atoms with E-state index in [0.717, 1.165) is 0 Å². The van der Waals surface area contributed by atoms with Crippen molar-refractivity contribution in [2.45, 2.75) is 13.8 Å². The quantitative estimate of drug-likeness (QED) is 0.467. The van der Waals surface area contributed by atoms with Crippen molar-refractivity contribution in [2.75, 3.05) is 13.7 Å². The van der Waals surface area contributed by atoms with Gasteiger partial charge >= 0.3 is 11.9 Å². The SMILES string of the molecule is CCOC(=O)/C(C#N)=C/c1cc(C(=O)OC)c(C)o1. The zero-order valence-corrected chi connectivity index (χ0v) is 10.9. The smallest absolute Gasteiger partial charge is 0.349 e. The van der Waals surface area contributed by atoms with Crippen molar-refractivity contribution in [3.05, 3.63) is 28.7 Å². The monoisotopic (exact) mass is 263 g/mol. The Hall–Kier alpha value is -2.55. The summed E-state index contributed by atoms with van der Waals surface area (Å²) in [7, 11) is 1.25. The van der Waals surface area contributed by atoms with E-state index in [-0.39, 0.29) is 23.5 Å². The third-order valence-corrected chi connectivity index (χ3v) is 2.24. The van der Waals surface area contributed by atoms with Crippen LogP contribution in [0.3, 0.4) is 0 Å². The number of carbonyl (C=O) groups is 2. The molecule has 0 aliphatic carbocycles. The van der Waals surface area contributed by atoms with Gasteiger partial charge in [0.15, 0.2) is 0 Å². The lowest BCUT2D eigenvalue weighted by atomic mass is 10.2. The van der Waals surface area contributed by atoms with Gasteiger partial charge in [0.1, 0.15) is 28.7 Å². The van der Waals surface area contributed by atoms with Crippen molar-refractivity contribution in [1.82, 2.24) is 0 Å². The average Bonchev–Trinajstić information content (AvgIpc) is 2.76. The zero-order chi connectivity index (χ0) is 14.4. The summed E-state index contributed by atoms with van der Waals surface area (Å²) in [6, 6.07) is 3.12. The normalized spacial score (nSPS) is 10.7. The highest BCUT2D eigenvalue weighted by Crippen LogP contribution is 2.18. The summed E-state index contributed by atoms with van der Waals surface area (Å²) in [5.41, 5.74) is 0.0434. The summed E-state index contributed by atoms with van der Waals surface area (Å²) in [6.45, 7) is 3.39. The van der Waals surface area contributed by atoms with E-state index in [0.29, 0.717) is 5.76 Å². The first-order chi connectivity index (χ1) is 9.03. The molecule has 100 valence electrons. The third kappa shape index (κ3) is 3.45. The lowest BCUT2D eigenvalue weighted by Crippen LogP contribution is -2.05. The first-order valence-corrected chi connectivity index (χ1v) is 5.51. The van der Waals surface area contributed by atoms with Crippen LogP contribution in [0.25, 0.3) is 6.08 Å². The number of hydrogen-bond donors (Lipinski definition) is 0. The van der Waals surface area contributed by atoms with Gasteiger partial charge in [0, 0.05) is 6.08 Å². The van der Waals surface area contributed by atoms with Gasteiger partial charge in [0.25, 0.3) is 0 Å². The van der Waals surface area contributed by atoms with E-state index in [1.807, 2.05) is 0 Å². The Balaban J connectivity index is 3.07. The number of carbonyl (C=O) groups excluding carboxylic acids is 2. The molecule has 0 saturated carbocycles. The fraction of sp³-hybridized carbons (Fsp3) is 0.308. The van der Waals surface area contributed by atoms with Crippen molar-refractivity contribution in [3.63, 3.8) is 0 Å². The molecule has 0 bridgehead atoms. The zero-order valence-electron chi connectivity index (χ0n) is 10.9. The molecule has 1 heterocycles. The highest BCUT2D eigenvalue weighted by Gasteiger charge is 2.16. The third-order valence-electron chi connectivity index (χ3n) is 2.24. The van der Waals surface area contributed by atoms with E-state index in [1.165, 1.54) is 19.3 Å². The van der Waals surface area contributed by atoms with Crippen LogP contribution in [-0.2, 0) is 14.3 Å². The molecule has 0 aliphatic heterocycles. The summed E-state index contributed by atoms with van der Waals surface area (Å²) in [4.78, 5) is 22.8. The van der Waals surface area contributed by atoms with Gasteiger partial charge in [-0.25, -0.2) is 9.59 Å². The predicted octanol–water partition coefficient (Wildman–Crippen LogP) is 1.84. The molecule has 0 N–H and O–H groups in total. The van der Waals surface area contributed by atoms with Crippen molar-refractivity contribution < 1.29 is 23.5 Å². The molecule has 0 unspecified atom stereocenters. The van der Waals surface area contributed by atoms with Gasteiger partial charge in [0.2, 0.25) is 0 Å². The van der Waals surface area contributed by atoms with E-state index in [4.69, 9.17) is 14.4 Å². The highest BCUT2D eigenvalue weighted by atomic mass is 16.5. The van der Waals surface area contributed by atoms with Crippen molar-refractivity contribution in [1.29, 1.82) is 5.26 Å². The second kappa shape index (κ2) is 6.40. The predicted molar refractivity (Wildman–Crippen MR) is 65.0 cm³/mol. The molecule has 0 amide bonds.